The molecule has 3 rings (SSSR count). The van der Waals surface area contributed by atoms with E-state index in [1.165, 1.54) is 6.07 Å². The van der Waals surface area contributed by atoms with Crippen LogP contribution in [-0.2, 0) is 6.54 Å². The molecule has 0 radical (unpaired) electrons. The normalized spacial score (nSPS) is 10.7. The van der Waals surface area contributed by atoms with Crippen LogP contribution in [-0.4, -0.2) is 9.55 Å². The molecule has 0 atom stereocenters. The molecule has 0 saturated heterocycles. The van der Waals surface area contributed by atoms with E-state index >= 15 is 0 Å². The third-order valence-electron chi connectivity index (χ3n) is 3.48. The summed E-state index contributed by atoms with van der Waals surface area (Å²) in [5.74, 6) is -0.246. The van der Waals surface area contributed by atoms with Crippen molar-refractivity contribution in [2.75, 3.05) is 0 Å². The summed E-state index contributed by atoms with van der Waals surface area (Å²) in [6, 6.07) is 12.7. The largest absolute Gasteiger partial charge is 0.330 e. The number of hydrogen-bond acceptors (Lipinski definition) is 2. The molecule has 0 bridgehead atoms. The van der Waals surface area contributed by atoms with Crippen LogP contribution < -0.4 is 0 Å². The number of aromatic amines is 1. The van der Waals surface area contributed by atoms with Crippen LogP contribution in [0.4, 0.5) is 4.39 Å². The molecule has 0 unspecified atom stereocenters. The molecule has 5 heteroatoms. The maximum Gasteiger partial charge on any atom is 0.178 e. The Morgan fingerprint density at radius 3 is 2.67 bits per heavy atom. The summed E-state index contributed by atoms with van der Waals surface area (Å²) < 4.78 is 16.1. The standard InChI is InChI=1S/C16H12FN3S/c1-10-6-15-14(7-13(10)17)19-16(21)20(15)9-12-4-2-11(8-18)3-5-12/h2-7H,9H2,1H3,(H,19,21). The second kappa shape index (κ2) is 5.15. The van der Waals surface area contributed by atoms with Gasteiger partial charge in [-0.15, -0.1) is 0 Å². The lowest BCUT2D eigenvalue weighted by Crippen LogP contribution is -2.00. The molecule has 0 aliphatic carbocycles. The van der Waals surface area contributed by atoms with Gasteiger partial charge >= 0.3 is 0 Å². The minimum absolute atomic E-state index is 0.246. The Hall–Kier alpha value is -2.45. The molecule has 104 valence electrons. The fourth-order valence-electron chi connectivity index (χ4n) is 2.31. The number of aryl methyl sites for hydroxylation is 1. The Morgan fingerprint density at radius 1 is 1.29 bits per heavy atom. The number of fused-ring (bicyclic) bond motifs is 1. The number of rotatable bonds is 2. The predicted molar refractivity (Wildman–Crippen MR) is 82.1 cm³/mol. The molecule has 0 saturated carbocycles. The minimum Gasteiger partial charge on any atom is -0.330 e. The number of aromatic nitrogens is 2. The Labute approximate surface area is 126 Å². The summed E-state index contributed by atoms with van der Waals surface area (Å²) in [5.41, 5.74) is 3.82. The van der Waals surface area contributed by atoms with Crippen molar-refractivity contribution >= 4 is 23.3 Å². The predicted octanol–water partition coefficient (Wildman–Crippen LogP) is 4.07. The van der Waals surface area contributed by atoms with Gasteiger partial charge in [-0.2, -0.15) is 5.26 Å². The molecular formula is C16H12FN3S. The van der Waals surface area contributed by atoms with Gasteiger partial charge in [-0.3, -0.25) is 0 Å². The van der Waals surface area contributed by atoms with Gasteiger partial charge in [-0.1, -0.05) is 12.1 Å². The van der Waals surface area contributed by atoms with E-state index in [4.69, 9.17) is 17.5 Å². The van der Waals surface area contributed by atoms with Gasteiger partial charge in [0.05, 0.1) is 29.2 Å². The summed E-state index contributed by atoms with van der Waals surface area (Å²) in [6.45, 7) is 2.31. The van der Waals surface area contributed by atoms with Crippen molar-refractivity contribution in [1.82, 2.24) is 9.55 Å². The molecule has 0 amide bonds. The lowest BCUT2D eigenvalue weighted by Gasteiger charge is -2.06. The zero-order valence-corrected chi connectivity index (χ0v) is 12.2. The fourth-order valence-corrected chi connectivity index (χ4v) is 2.58. The maximum absolute atomic E-state index is 13.6. The van der Waals surface area contributed by atoms with Crippen molar-refractivity contribution in [3.05, 3.63) is 63.7 Å². The van der Waals surface area contributed by atoms with Crippen molar-refractivity contribution in [3.63, 3.8) is 0 Å². The van der Waals surface area contributed by atoms with E-state index in [-0.39, 0.29) is 5.82 Å². The number of H-pyrrole nitrogens is 1. The highest BCUT2D eigenvalue weighted by molar-refractivity contribution is 7.71. The summed E-state index contributed by atoms with van der Waals surface area (Å²) in [4.78, 5) is 3.02. The highest BCUT2D eigenvalue weighted by Gasteiger charge is 2.08. The zero-order valence-electron chi connectivity index (χ0n) is 11.4. The molecule has 2 aromatic carbocycles. The first kappa shape index (κ1) is 13.5. The van der Waals surface area contributed by atoms with Crippen molar-refractivity contribution in [2.24, 2.45) is 0 Å². The lowest BCUT2D eigenvalue weighted by atomic mass is 10.1. The van der Waals surface area contributed by atoms with Crippen LogP contribution in [0.2, 0.25) is 0 Å². The summed E-state index contributed by atoms with van der Waals surface area (Å²) in [7, 11) is 0. The number of nitrogens with one attached hydrogen (secondary N) is 1. The number of imidazole rings is 1. The van der Waals surface area contributed by atoms with E-state index in [1.54, 1.807) is 25.1 Å². The molecule has 21 heavy (non-hydrogen) atoms. The molecule has 3 aromatic rings. The van der Waals surface area contributed by atoms with E-state index in [2.05, 4.69) is 11.1 Å². The van der Waals surface area contributed by atoms with Crippen molar-refractivity contribution in [3.8, 4) is 6.07 Å². The van der Waals surface area contributed by atoms with Crippen LogP contribution in [0.1, 0.15) is 16.7 Å². The molecule has 1 heterocycles. The first-order valence-corrected chi connectivity index (χ1v) is 6.87. The van der Waals surface area contributed by atoms with Gasteiger partial charge in [-0.25, -0.2) is 4.39 Å². The maximum atomic E-state index is 13.6. The smallest absolute Gasteiger partial charge is 0.178 e. The van der Waals surface area contributed by atoms with Gasteiger partial charge < -0.3 is 9.55 Å². The van der Waals surface area contributed by atoms with Crippen LogP contribution in [0.5, 0.6) is 0 Å². The highest BCUT2D eigenvalue weighted by Crippen LogP contribution is 2.20. The first-order chi connectivity index (χ1) is 10.1. The molecule has 1 aromatic heterocycles. The highest BCUT2D eigenvalue weighted by atomic mass is 32.1. The van der Waals surface area contributed by atoms with Gasteiger partial charge in [0.1, 0.15) is 5.82 Å². The van der Waals surface area contributed by atoms with E-state index in [0.29, 0.717) is 28.0 Å². The van der Waals surface area contributed by atoms with Crippen LogP contribution >= 0.6 is 12.2 Å². The second-order valence-electron chi connectivity index (χ2n) is 4.94. The van der Waals surface area contributed by atoms with Gasteiger partial charge in [0.2, 0.25) is 0 Å². The molecule has 0 aliphatic heterocycles. The van der Waals surface area contributed by atoms with Crippen LogP contribution in [0.15, 0.2) is 36.4 Å². The summed E-state index contributed by atoms with van der Waals surface area (Å²) in [5, 5.41) is 8.81. The van der Waals surface area contributed by atoms with Crippen LogP contribution in [0, 0.1) is 28.8 Å². The Morgan fingerprint density at radius 2 is 2.00 bits per heavy atom. The Bertz CT molecular complexity index is 914. The Balaban J connectivity index is 2.07. The second-order valence-corrected chi connectivity index (χ2v) is 5.33. The van der Waals surface area contributed by atoms with E-state index in [0.717, 1.165) is 11.1 Å². The number of benzene rings is 2. The van der Waals surface area contributed by atoms with Gasteiger partial charge in [0.15, 0.2) is 4.77 Å². The van der Waals surface area contributed by atoms with Crippen molar-refractivity contribution in [1.29, 1.82) is 5.26 Å². The molecule has 1 N–H and O–H groups in total. The third kappa shape index (κ3) is 2.46. The molecule has 3 nitrogen and oxygen atoms in total. The quantitative estimate of drug-likeness (QED) is 0.725. The zero-order chi connectivity index (χ0) is 15.0. The average Bonchev–Trinajstić information content (AvgIpc) is 2.76. The molecule has 0 spiro atoms. The SMILES string of the molecule is Cc1cc2c(cc1F)[nH]c(=S)n2Cc1ccc(C#N)cc1. The minimum atomic E-state index is -0.246. The number of nitrogens with zero attached hydrogens (tertiary/aromatic N) is 2. The summed E-state index contributed by atoms with van der Waals surface area (Å²) >= 11 is 5.32. The van der Waals surface area contributed by atoms with Gasteiger partial charge in [-0.05, 0) is 54.5 Å². The first-order valence-electron chi connectivity index (χ1n) is 6.46. The molecule has 0 fully saturated rings. The number of hydrogen-bond donors (Lipinski definition) is 1. The van der Waals surface area contributed by atoms with Crippen LogP contribution in [0.25, 0.3) is 11.0 Å². The topological polar surface area (TPSA) is 44.5 Å². The average molecular weight is 297 g/mol. The number of halogens is 1. The molecule has 0 aliphatic rings. The van der Waals surface area contributed by atoms with Crippen molar-refractivity contribution < 1.29 is 4.39 Å². The van der Waals surface area contributed by atoms with Crippen LogP contribution in [0.3, 0.4) is 0 Å². The van der Waals surface area contributed by atoms with Gasteiger partial charge in [0.25, 0.3) is 0 Å². The Kier molecular flexibility index (Phi) is 3.32. The monoisotopic (exact) mass is 297 g/mol. The molecular weight excluding hydrogens is 285 g/mol. The van der Waals surface area contributed by atoms with E-state index < -0.39 is 0 Å². The van der Waals surface area contributed by atoms with E-state index in [9.17, 15) is 4.39 Å². The van der Waals surface area contributed by atoms with Gasteiger partial charge in [0, 0.05) is 0 Å². The lowest BCUT2D eigenvalue weighted by molar-refractivity contribution is 0.620. The number of nitriles is 1. The van der Waals surface area contributed by atoms with Crippen molar-refractivity contribution in [2.45, 2.75) is 13.5 Å². The van der Waals surface area contributed by atoms with E-state index in [1.807, 2.05) is 16.7 Å². The summed E-state index contributed by atoms with van der Waals surface area (Å²) in [6.07, 6.45) is 0. The third-order valence-corrected chi connectivity index (χ3v) is 3.80. The fraction of sp³-hybridized carbons (Fsp3) is 0.125.